The first-order chi connectivity index (χ1) is 13.2. The zero-order valence-electron chi connectivity index (χ0n) is 16.1. The van der Waals surface area contributed by atoms with Gasteiger partial charge in [-0.25, -0.2) is 4.99 Å². The Morgan fingerprint density at radius 1 is 1.07 bits per heavy atom. The molecule has 0 radical (unpaired) electrons. The maximum Gasteiger partial charge on any atom is 0.194 e. The summed E-state index contributed by atoms with van der Waals surface area (Å²) in [5, 5.41) is 12.8. The summed E-state index contributed by atoms with van der Waals surface area (Å²) in [6, 6.07) is 15.4. The molecule has 0 atom stereocenters. The van der Waals surface area contributed by atoms with E-state index in [0.29, 0.717) is 6.54 Å². The van der Waals surface area contributed by atoms with Crippen LogP contribution in [0.5, 0.6) is 11.5 Å². The first-order valence-corrected chi connectivity index (χ1v) is 9.40. The van der Waals surface area contributed by atoms with Crippen LogP contribution in [0.3, 0.4) is 0 Å². The van der Waals surface area contributed by atoms with Gasteiger partial charge in [-0.15, -0.1) is 0 Å². The van der Waals surface area contributed by atoms with Gasteiger partial charge in [0, 0.05) is 32.7 Å². The van der Waals surface area contributed by atoms with Crippen molar-refractivity contribution in [2.45, 2.75) is 13.5 Å². The quantitative estimate of drug-likeness (QED) is 0.628. The van der Waals surface area contributed by atoms with Crippen molar-refractivity contribution in [2.24, 2.45) is 4.99 Å². The van der Waals surface area contributed by atoms with E-state index in [1.807, 2.05) is 30.3 Å². The monoisotopic (exact) mass is 368 g/mol. The second kappa shape index (κ2) is 9.16. The number of methoxy groups -OCH3 is 1. The topological polar surface area (TPSA) is 60.3 Å². The van der Waals surface area contributed by atoms with Gasteiger partial charge >= 0.3 is 0 Å². The third kappa shape index (κ3) is 4.84. The van der Waals surface area contributed by atoms with Crippen molar-refractivity contribution in [1.29, 1.82) is 0 Å². The van der Waals surface area contributed by atoms with Crippen LogP contribution < -0.4 is 15.0 Å². The van der Waals surface area contributed by atoms with Crippen molar-refractivity contribution < 1.29 is 9.84 Å². The number of aromatic hydroxyl groups is 1. The summed E-state index contributed by atoms with van der Waals surface area (Å²) in [6.45, 7) is 7.16. The van der Waals surface area contributed by atoms with Crippen LogP contribution in [-0.4, -0.2) is 55.8 Å². The second-order valence-electron chi connectivity index (χ2n) is 6.48. The number of ether oxygens (including phenoxy) is 1. The van der Waals surface area contributed by atoms with Gasteiger partial charge in [0.05, 0.1) is 19.3 Å². The van der Waals surface area contributed by atoms with E-state index in [4.69, 9.17) is 9.73 Å². The SMILES string of the molecule is CCNC(=NCc1ccc(O)cc1)N1CCN(c2ccccc2OC)CC1. The van der Waals surface area contributed by atoms with Crippen LogP contribution in [0.1, 0.15) is 12.5 Å². The highest BCUT2D eigenvalue weighted by Crippen LogP contribution is 2.28. The molecule has 6 nitrogen and oxygen atoms in total. The van der Waals surface area contributed by atoms with E-state index < -0.39 is 0 Å². The largest absolute Gasteiger partial charge is 0.508 e. The van der Waals surface area contributed by atoms with Gasteiger partial charge in [-0.2, -0.15) is 0 Å². The van der Waals surface area contributed by atoms with Crippen LogP contribution in [0.15, 0.2) is 53.5 Å². The number of hydrogen-bond donors (Lipinski definition) is 2. The number of nitrogens with zero attached hydrogens (tertiary/aromatic N) is 3. The number of guanidine groups is 1. The Hall–Kier alpha value is -2.89. The predicted octanol–water partition coefficient (Wildman–Crippen LogP) is 2.69. The van der Waals surface area contributed by atoms with E-state index in [1.165, 1.54) is 0 Å². The lowest BCUT2D eigenvalue weighted by molar-refractivity contribution is 0.367. The van der Waals surface area contributed by atoms with Gasteiger partial charge in [0.25, 0.3) is 0 Å². The molecule has 27 heavy (non-hydrogen) atoms. The molecule has 2 N–H and O–H groups in total. The Labute approximate surface area is 161 Å². The highest BCUT2D eigenvalue weighted by atomic mass is 16.5. The minimum atomic E-state index is 0.280. The van der Waals surface area contributed by atoms with Crippen LogP contribution in [0, 0.1) is 0 Å². The molecule has 1 fully saturated rings. The number of benzene rings is 2. The van der Waals surface area contributed by atoms with Gasteiger partial charge < -0.3 is 25.0 Å². The molecule has 0 bridgehead atoms. The van der Waals surface area contributed by atoms with Gasteiger partial charge in [-0.1, -0.05) is 24.3 Å². The zero-order valence-corrected chi connectivity index (χ0v) is 16.1. The summed E-state index contributed by atoms with van der Waals surface area (Å²) in [5.41, 5.74) is 2.22. The predicted molar refractivity (Wildman–Crippen MR) is 110 cm³/mol. The van der Waals surface area contributed by atoms with Crippen LogP contribution in [-0.2, 0) is 6.54 Å². The second-order valence-corrected chi connectivity index (χ2v) is 6.48. The number of aliphatic imine (C=N–C) groups is 1. The molecule has 0 saturated carbocycles. The molecule has 6 heteroatoms. The first kappa shape index (κ1) is 18.9. The molecule has 0 amide bonds. The molecule has 1 saturated heterocycles. The van der Waals surface area contributed by atoms with E-state index in [2.05, 4.69) is 28.1 Å². The smallest absolute Gasteiger partial charge is 0.194 e. The van der Waals surface area contributed by atoms with Crippen LogP contribution in [0.4, 0.5) is 5.69 Å². The van der Waals surface area contributed by atoms with Crippen molar-refractivity contribution in [3.05, 3.63) is 54.1 Å². The number of hydrogen-bond acceptors (Lipinski definition) is 4. The van der Waals surface area contributed by atoms with Gasteiger partial charge in [0.2, 0.25) is 0 Å². The fourth-order valence-electron chi connectivity index (χ4n) is 3.24. The molecule has 144 valence electrons. The maximum absolute atomic E-state index is 9.41. The third-order valence-electron chi connectivity index (χ3n) is 4.69. The Kier molecular flexibility index (Phi) is 6.41. The van der Waals surface area contributed by atoms with E-state index in [0.717, 1.165) is 55.7 Å². The van der Waals surface area contributed by atoms with Crippen molar-refractivity contribution in [3.8, 4) is 11.5 Å². The minimum absolute atomic E-state index is 0.280. The van der Waals surface area contributed by atoms with Gasteiger partial charge in [-0.3, -0.25) is 0 Å². The van der Waals surface area contributed by atoms with Crippen molar-refractivity contribution in [1.82, 2.24) is 10.2 Å². The number of anilines is 1. The van der Waals surface area contributed by atoms with Crippen molar-refractivity contribution >= 4 is 11.6 Å². The number of phenols is 1. The number of phenolic OH excluding ortho intramolecular Hbond substituents is 1. The summed E-state index contributed by atoms with van der Waals surface area (Å²) < 4.78 is 5.50. The molecule has 2 aromatic rings. The Morgan fingerprint density at radius 3 is 2.44 bits per heavy atom. The number of para-hydroxylation sites is 2. The summed E-state index contributed by atoms with van der Waals surface area (Å²) in [4.78, 5) is 9.44. The lowest BCUT2D eigenvalue weighted by Crippen LogP contribution is -2.52. The normalized spacial score (nSPS) is 15.0. The highest BCUT2D eigenvalue weighted by molar-refractivity contribution is 5.80. The average Bonchev–Trinajstić information content (AvgIpc) is 2.72. The molecule has 0 aliphatic carbocycles. The molecule has 1 heterocycles. The molecule has 3 rings (SSSR count). The Morgan fingerprint density at radius 2 is 1.78 bits per heavy atom. The van der Waals surface area contributed by atoms with Gasteiger partial charge in [-0.05, 0) is 36.8 Å². The van der Waals surface area contributed by atoms with E-state index in [1.54, 1.807) is 19.2 Å². The summed E-state index contributed by atoms with van der Waals surface area (Å²) in [5.74, 6) is 2.13. The highest BCUT2D eigenvalue weighted by Gasteiger charge is 2.21. The molecule has 2 aromatic carbocycles. The van der Waals surface area contributed by atoms with Crippen LogP contribution >= 0.6 is 0 Å². The van der Waals surface area contributed by atoms with Crippen molar-refractivity contribution in [3.63, 3.8) is 0 Å². The fraction of sp³-hybridized carbons (Fsp3) is 0.381. The standard InChI is InChI=1S/C21H28N4O2/c1-3-22-21(23-16-17-8-10-18(26)11-9-17)25-14-12-24(13-15-25)19-6-4-5-7-20(19)27-2/h4-11,26H,3,12-16H2,1-2H3,(H,22,23). The summed E-state index contributed by atoms with van der Waals surface area (Å²) in [6.07, 6.45) is 0. The molecular weight excluding hydrogens is 340 g/mol. The van der Waals surface area contributed by atoms with E-state index in [9.17, 15) is 5.11 Å². The minimum Gasteiger partial charge on any atom is -0.508 e. The molecule has 1 aliphatic rings. The molecule has 0 unspecified atom stereocenters. The third-order valence-corrected chi connectivity index (χ3v) is 4.69. The molecular formula is C21H28N4O2. The Bertz CT molecular complexity index is 753. The first-order valence-electron chi connectivity index (χ1n) is 9.40. The van der Waals surface area contributed by atoms with Crippen molar-refractivity contribution in [2.75, 3.05) is 44.7 Å². The summed E-state index contributed by atoms with van der Waals surface area (Å²) >= 11 is 0. The number of nitrogens with one attached hydrogen (secondary N) is 1. The maximum atomic E-state index is 9.41. The van der Waals surface area contributed by atoms with Gasteiger partial charge in [0.1, 0.15) is 11.5 Å². The zero-order chi connectivity index (χ0) is 19.1. The van der Waals surface area contributed by atoms with Crippen LogP contribution in [0.2, 0.25) is 0 Å². The lowest BCUT2D eigenvalue weighted by Gasteiger charge is -2.38. The van der Waals surface area contributed by atoms with Gasteiger partial charge in [0.15, 0.2) is 5.96 Å². The van der Waals surface area contributed by atoms with E-state index in [-0.39, 0.29) is 5.75 Å². The lowest BCUT2D eigenvalue weighted by atomic mass is 10.2. The molecule has 0 spiro atoms. The number of piperazine rings is 1. The Balaban J connectivity index is 1.64. The fourth-order valence-corrected chi connectivity index (χ4v) is 3.24. The number of rotatable bonds is 5. The van der Waals surface area contributed by atoms with Crippen LogP contribution in [0.25, 0.3) is 0 Å². The molecule has 1 aliphatic heterocycles. The van der Waals surface area contributed by atoms with E-state index >= 15 is 0 Å². The molecule has 0 aromatic heterocycles. The summed E-state index contributed by atoms with van der Waals surface area (Å²) in [7, 11) is 1.72. The average molecular weight is 368 g/mol.